The minimum Gasteiger partial charge on any atom is -0.474 e. The molecular formula is C9H10N2O. The molecule has 0 aromatic carbocycles. The van der Waals surface area contributed by atoms with Crippen molar-refractivity contribution in [2.75, 3.05) is 0 Å². The number of hydrogen-bond acceptors (Lipinski definition) is 3. The Hall–Kier alpha value is -1.56. The zero-order valence-corrected chi connectivity index (χ0v) is 6.90. The Labute approximate surface area is 71.6 Å². The summed E-state index contributed by atoms with van der Waals surface area (Å²) in [7, 11) is 0. The molecule has 0 radical (unpaired) electrons. The molecule has 0 fully saturated rings. The van der Waals surface area contributed by atoms with Crippen molar-refractivity contribution in [2.45, 2.75) is 19.4 Å². The van der Waals surface area contributed by atoms with E-state index in [-0.39, 0.29) is 6.10 Å². The van der Waals surface area contributed by atoms with E-state index in [9.17, 15) is 0 Å². The Morgan fingerprint density at radius 2 is 2.58 bits per heavy atom. The Morgan fingerprint density at radius 1 is 1.75 bits per heavy atom. The lowest BCUT2D eigenvalue weighted by Crippen LogP contribution is -2.11. The molecule has 62 valence electrons. The summed E-state index contributed by atoms with van der Waals surface area (Å²) in [6, 6.07) is 5.61. The highest BCUT2D eigenvalue weighted by atomic mass is 16.5. The van der Waals surface area contributed by atoms with E-state index in [0.29, 0.717) is 12.2 Å². The highest BCUT2D eigenvalue weighted by Gasteiger charge is 2.04. The molecule has 0 saturated heterocycles. The first-order chi connectivity index (χ1) is 5.86. The van der Waals surface area contributed by atoms with Crippen molar-refractivity contribution in [3.05, 3.63) is 24.5 Å². The van der Waals surface area contributed by atoms with Gasteiger partial charge in [0.15, 0.2) is 6.10 Å². The van der Waals surface area contributed by atoms with Crippen LogP contribution in [0, 0.1) is 11.3 Å². The lowest BCUT2D eigenvalue weighted by atomic mass is 10.3. The van der Waals surface area contributed by atoms with Crippen molar-refractivity contribution in [3.8, 4) is 11.8 Å². The summed E-state index contributed by atoms with van der Waals surface area (Å²) in [6.07, 6.45) is 3.58. The molecule has 0 spiro atoms. The van der Waals surface area contributed by atoms with Gasteiger partial charge in [0.2, 0.25) is 0 Å². The average Bonchev–Trinajstić information content (AvgIpc) is 2.16. The third-order valence-corrected chi connectivity index (χ3v) is 1.43. The molecule has 1 rings (SSSR count). The number of aromatic nitrogens is 1. The summed E-state index contributed by atoms with van der Waals surface area (Å²) in [4.78, 5) is 3.87. The number of nitrogens with zero attached hydrogens (tertiary/aromatic N) is 2. The number of pyridine rings is 1. The minimum absolute atomic E-state index is 0.366. The van der Waals surface area contributed by atoms with Crippen LogP contribution in [0.1, 0.15) is 13.3 Å². The molecule has 1 unspecified atom stereocenters. The van der Waals surface area contributed by atoms with Crippen LogP contribution < -0.4 is 4.74 Å². The Morgan fingerprint density at radius 3 is 3.08 bits per heavy atom. The molecule has 0 aliphatic heterocycles. The highest BCUT2D eigenvalue weighted by molar-refractivity contribution is 5.16. The fourth-order valence-electron chi connectivity index (χ4n) is 0.782. The van der Waals surface area contributed by atoms with Gasteiger partial charge in [-0.1, -0.05) is 6.92 Å². The van der Waals surface area contributed by atoms with Crippen molar-refractivity contribution in [1.29, 1.82) is 5.26 Å². The van der Waals surface area contributed by atoms with E-state index in [2.05, 4.69) is 11.1 Å². The van der Waals surface area contributed by atoms with Crippen LogP contribution in [0.5, 0.6) is 5.75 Å². The van der Waals surface area contributed by atoms with Gasteiger partial charge in [-0.3, -0.25) is 4.98 Å². The molecular weight excluding hydrogens is 152 g/mol. The fraction of sp³-hybridized carbons (Fsp3) is 0.333. The monoisotopic (exact) mass is 162 g/mol. The van der Waals surface area contributed by atoms with Gasteiger partial charge in [-0.15, -0.1) is 0 Å². The Kier molecular flexibility index (Phi) is 3.09. The second-order valence-corrected chi connectivity index (χ2v) is 2.33. The van der Waals surface area contributed by atoms with E-state index in [1.807, 2.05) is 6.92 Å². The highest BCUT2D eigenvalue weighted by Crippen LogP contribution is 2.09. The van der Waals surface area contributed by atoms with Crippen LogP contribution in [-0.4, -0.2) is 11.1 Å². The van der Waals surface area contributed by atoms with Crippen molar-refractivity contribution in [3.63, 3.8) is 0 Å². The van der Waals surface area contributed by atoms with E-state index in [1.165, 1.54) is 0 Å². The molecule has 1 heterocycles. The minimum atomic E-state index is -0.366. The molecule has 3 nitrogen and oxygen atoms in total. The van der Waals surface area contributed by atoms with Crippen LogP contribution in [0.15, 0.2) is 24.5 Å². The number of rotatable bonds is 3. The molecule has 1 aromatic rings. The summed E-state index contributed by atoms with van der Waals surface area (Å²) < 4.78 is 5.29. The first kappa shape index (κ1) is 8.54. The Balaban J connectivity index is 2.58. The SMILES string of the molecule is CCC(C#N)Oc1cccnc1. The molecule has 0 aliphatic rings. The summed E-state index contributed by atoms with van der Waals surface area (Å²) in [6.45, 7) is 1.91. The summed E-state index contributed by atoms with van der Waals surface area (Å²) in [5.74, 6) is 0.644. The Bertz CT molecular complexity index is 266. The molecule has 0 amide bonds. The van der Waals surface area contributed by atoms with Gasteiger partial charge in [-0.25, -0.2) is 0 Å². The van der Waals surface area contributed by atoms with E-state index in [4.69, 9.17) is 10.00 Å². The standard InChI is InChI=1S/C9H10N2O/c1-2-8(6-10)12-9-4-3-5-11-7-9/h3-5,7-8H,2H2,1H3. The third kappa shape index (κ3) is 2.24. The van der Waals surface area contributed by atoms with Crippen molar-refractivity contribution < 1.29 is 4.74 Å². The first-order valence-electron chi connectivity index (χ1n) is 3.83. The van der Waals surface area contributed by atoms with Gasteiger partial charge in [-0.05, 0) is 18.6 Å². The van der Waals surface area contributed by atoms with E-state index in [1.54, 1.807) is 24.5 Å². The zero-order valence-electron chi connectivity index (χ0n) is 6.90. The number of nitriles is 1. The van der Waals surface area contributed by atoms with Crippen LogP contribution >= 0.6 is 0 Å². The van der Waals surface area contributed by atoms with Gasteiger partial charge in [0.1, 0.15) is 11.8 Å². The lowest BCUT2D eigenvalue weighted by molar-refractivity contribution is 0.251. The second kappa shape index (κ2) is 4.35. The predicted molar refractivity (Wildman–Crippen MR) is 44.6 cm³/mol. The summed E-state index contributed by atoms with van der Waals surface area (Å²) in [5.41, 5.74) is 0. The van der Waals surface area contributed by atoms with Gasteiger partial charge in [-0.2, -0.15) is 5.26 Å². The van der Waals surface area contributed by atoms with Gasteiger partial charge < -0.3 is 4.74 Å². The van der Waals surface area contributed by atoms with Gasteiger partial charge in [0.25, 0.3) is 0 Å². The molecule has 1 aromatic heterocycles. The smallest absolute Gasteiger partial charge is 0.184 e. The predicted octanol–water partition coefficient (Wildman–Crippen LogP) is 1.76. The van der Waals surface area contributed by atoms with Gasteiger partial charge >= 0.3 is 0 Å². The summed E-state index contributed by atoms with van der Waals surface area (Å²) >= 11 is 0. The largest absolute Gasteiger partial charge is 0.474 e. The number of ether oxygens (including phenoxy) is 1. The maximum atomic E-state index is 8.59. The molecule has 3 heteroatoms. The van der Waals surface area contributed by atoms with Crippen molar-refractivity contribution >= 4 is 0 Å². The van der Waals surface area contributed by atoms with Crippen LogP contribution in [-0.2, 0) is 0 Å². The van der Waals surface area contributed by atoms with E-state index >= 15 is 0 Å². The maximum Gasteiger partial charge on any atom is 0.184 e. The molecule has 0 N–H and O–H groups in total. The lowest BCUT2D eigenvalue weighted by Gasteiger charge is -2.08. The topological polar surface area (TPSA) is 45.9 Å². The molecule has 12 heavy (non-hydrogen) atoms. The first-order valence-corrected chi connectivity index (χ1v) is 3.83. The van der Waals surface area contributed by atoms with Crippen molar-refractivity contribution in [2.24, 2.45) is 0 Å². The fourth-order valence-corrected chi connectivity index (χ4v) is 0.782. The third-order valence-electron chi connectivity index (χ3n) is 1.43. The van der Waals surface area contributed by atoms with Crippen LogP contribution in [0.4, 0.5) is 0 Å². The molecule has 0 bridgehead atoms. The molecule has 0 aliphatic carbocycles. The zero-order chi connectivity index (χ0) is 8.81. The summed E-state index contributed by atoms with van der Waals surface area (Å²) in [5, 5.41) is 8.59. The number of hydrogen-bond donors (Lipinski definition) is 0. The van der Waals surface area contributed by atoms with Crippen LogP contribution in [0.25, 0.3) is 0 Å². The van der Waals surface area contributed by atoms with Crippen molar-refractivity contribution in [1.82, 2.24) is 4.98 Å². The average molecular weight is 162 g/mol. The maximum absolute atomic E-state index is 8.59. The van der Waals surface area contributed by atoms with E-state index < -0.39 is 0 Å². The van der Waals surface area contributed by atoms with Gasteiger partial charge in [0.05, 0.1) is 6.20 Å². The normalized spacial score (nSPS) is 11.7. The van der Waals surface area contributed by atoms with E-state index in [0.717, 1.165) is 0 Å². The molecule has 1 atom stereocenters. The van der Waals surface area contributed by atoms with Crippen LogP contribution in [0.2, 0.25) is 0 Å². The molecule has 0 saturated carbocycles. The van der Waals surface area contributed by atoms with Gasteiger partial charge in [0, 0.05) is 6.20 Å². The van der Waals surface area contributed by atoms with Crippen LogP contribution in [0.3, 0.4) is 0 Å². The second-order valence-electron chi connectivity index (χ2n) is 2.33. The quantitative estimate of drug-likeness (QED) is 0.680.